The van der Waals surface area contributed by atoms with Crippen LogP contribution in [0.15, 0.2) is 186 Å². The van der Waals surface area contributed by atoms with Crippen molar-refractivity contribution in [3.8, 4) is 0 Å². The van der Waals surface area contributed by atoms with Gasteiger partial charge in [-0.2, -0.15) is 0 Å². The van der Waals surface area contributed by atoms with Gasteiger partial charge in [-0.05, 0) is 33.4 Å². The third-order valence-electron chi connectivity index (χ3n) is 10.5. The minimum absolute atomic E-state index is 0.0211. The van der Waals surface area contributed by atoms with Crippen LogP contribution in [0.2, 0.25) is 0 Å². The van der Waals surface area contributed by atoms with Gasteiger partial charge in [-0.3, -0.25) is 14.5 Å². The van der Waals surface area contributed by atoms with E-state index in [1.807, 2.05) is 152 Å². The summed E-state index contributed by atoms with van der Waals surface area (Å²) in [6.45, 7) is -1.08. The van der Waals surface area contributed by atoms with Gasteiger partial charge in [0, 0.05) is 17.0 Å². The number of oxime groups is 1. The maximum absolute atomic E-state index is 14.3. The van der Waals surface area contributed by atoms with Gasteiger partial charge < -0.3 is 20.2 Å². The van der Waals surface area contributed by atoms with Crippen molar-refractivity contribution in [2.24, 2.45) is 5.16 Å². The topological polar surface area (TPSA) is 122 Å². The SMILES string of the molecule is O=C(OC(c1ccccc1)c1ccccc1)C1=C(/C=C/CCl)CS[C@H]2[C@H](NC(=O)/C(=N\OCC(F)F)c3csc(NC(c4ccccc4)(c4ccccc4)c4ccccc4)n3)C(=O)N12. The van der Waals surface area contributed by atoms with E-state index < -0.39 is 59.6 Å². The number of carbonyl (C=O) groups is 3. The Labute approximate surface area is 381 Å². The summed E-state index contributed by atoms with van der Waals surface area (Å²) in [4.78, 5) is 53.7. The predicted molar refractivity (Wildman–Crippen MR) is 246 cm³/mol. The maximum Gasteiger partial charge on any atom is 0.356 e. The fourth-order valence-corrected chi connectivity index (χ4v) is 9.81. The van der Waals surface area contributed by atoms with Crippen LogP contribution < -0.4 is 10.6 Å². The second-order valence-corrected chi connectivity index (χ2v) is 16.8. The Morgan fingerprint density at radius 1 is 0.844 bits per heavy atom. The van der Waals surface area contributed by atoms with E-state index in [1.54, 1.807) is 17.5 Å². The van der Waals surface area contributed by atoms with E-state index in [2.05, 4.69) is 15.8 Å². The number of nitrogens with one attached hydrogen (secondary N) is 2. The largest absolute Gasteiger partial charge is 0.448 e. The van der Waals surface area contributed by atoms with Gasteiger partial charge in [-0.15, -0.1) is 34.7 Å². The van der Waals surface area contributed by atoms with E-state index in [0.717, 1.165) is 27.8 Å². The first-order valence-corrected chi connectivity index (χ1v) is 22.7. The Kier molecular flexibility index (Phi) is 13.9. The molecule has 1 fully saturated rings. The van der Waals surface area contributed by atoms with Gasteiger partial charge >= 0.3 is 5.97 Å². The molecule has 6 aromatic rings. The van der Waals surface area contributed by atoms with Crippen molar-refractivity contribution in [2.45, 2.75) is 29.5 Å². The quantitative estimate of drug-likeness (QED) is 0.0232. The lowest BCUT2D eigenvalue weighted by Crippen LogP contribution is -2.71. The first-order chi connectivity index (χ1) is 31.3. The molecule has 2 N–H and O–H groups in total. The Morgan fingerprint density at radius 2 is 1.38 bits per heavy atom. The number of thiazole rings is 1. The number of hydrogen-bond acceptors (Lipinski definition) is 10. The van der Waals surface area contributed by atoms with E-state index >= 15 is 0 Å². The zero-order valence-electron chi connectivity index (χ0n) is 33.9. The predicted octanol–water partition coefficient (Wildman–Crippen LogP) is 9.31. The number of carbonyl (C=O) groups excluding carboxylic acids is 3. The van der Waals surface area contributed by atoms with Crippen molar-refractivity contribution in [1.82, 2.24) is 15.2 Å². The molecular weight excluding hydrogens is 876 g/mol. The molecule has 0 radical (unpaired) electrons. The maximum atomic E-state index is 14.3. The van der Waals surface area contributed by atoms with Crippen LogP contribution in [-0.2, 0) is 29.5 Å². The summed E-state index contributed by atoms with van der Waals surface area (Å²) in [7, 11) is 0. The highest BCUT2D eigenvalue weighted by Gasteiger charge is 2.55. The second-order valence-electron chi connectivity index (χ2n) is 14.5. The molecule has 8 rings (SSSR count). The van der Waals surface area contributed by atoms with Crippen LogP contribution in [0.3, 0.4) is 0 Å². The fourth-order valence-electron chi connectivity index (χ4n) is 7.65. The monoisotopic (exact) mass is 915 g/mol. The van der Waals surface area contributed by atoms with Crippen LogP contribution in [0.1, 0.15) is 39.6 Å². The van der Waals surface area contributed by atoms with Crippen LogP contribution in [0.25, 0.3) is 0 Å². The molecule has 2 amide bonds. The van der Waals surface area contributed by atoms with Gasteiger partial charge in [0.15, 0.2) is 23.6 Å². The second kappa shape index (κ2) is 20.3. The van der Waals surface area contributed by atoms with Crippen molar-refractivity contribution in [1.29, 1.82) is 0 Å². The highest BCUT2D eigenvalue weighted by molar-refractivity contribution is 8.00. The molecule has 0 spiro atoms. The molecule has 64 heavy (non-hydrogen) atoms. The smallest absolute Gasteiger partial charge is 0.356 e. The van der Waals surface area contributed by atoms with Crippen LogP contribution in [-0.4, -0.2) is 69.5 Å². The molecule has 2 atom stereocenters. The van der Waals surface area contributed by atoms with Crippen molar-refractivity contribution in [2.75, 3.05) is 23.6 Å². The molecule has 3 heterocycles. The van der Waals surface area contributed by atoms with Crippen LogP contribution in [0, 0.1) is 0 Å². The van der Waals surface area contributed by atoms with Gasteiger partial charge in [-0.25, -0.2) is 18.6 Å². The molecule has 0 saturated carbocycles. The summed E-state index contributed by atoms with van der Waals surface area (Å²) in [5.74, 6) is -1.76. The lowest BCUT2D eigenvalue weighted by molar-refractivity contribution is -0.154. The third kappa shape index (κ3) is 9.35. The molecule has 2 aliphatic heterocycles. The van der Waals surface area contributed by atoms with Gasteiger partial charge in [0.25, 0.3) is 18.2 Å². The van der Waals surface area contributed by atoms with Crippen molar-refractivity contribution >= 4 is 63.3 Å². The molecule has 0 aliphatic carbocycles. The van der Waals surface area contributed by atoms with E-state index in [1.165, 1.54) is 28.0 Å². The summed E-state index contributed by atoms with van der Waals surface area (Å²) in [5, 5.41) is 11.4. The number of benzene rings is 5. The normalized spacial score (nSPS) is 16.4. The number of esters is 1. The van der Waals surface area contributed by atoms with Crippen molar-refractivity contribution < 1.29 is 32.7 Å². The van der Waals surface area contributed by atoms with E-state index in [9.17, 15) is 23.2 Å². The average Bonchev–Trinajstić information content (AvgIpc) is 3.81. The molecule has 0 unspecified atom stereocenters. The van der Waals surface area contributed by atoms with Gasteiger partial charge in [0.05, 0.1) is 0 Å². The molecular formula is C49H40ClF2N5O5S2. The molecule has 15 heteroatoms. The van der Waals surface area contributed by atoms with Crippen molar-refractivity contribution in [3.05, 3.63) is 214 Å². The van der Waals surface area contributed by atoms with Crippen molar-refractivity contribution in [3.63, 3.8) is 0 Å². The Hall–Kier alpha value is -6.61. The number of β-lactam (4-membered cyclic amide) rings is 1. The zero-order valence-corrected chi connectivity index (χ0v) is 36.3. The number of alkyl halides is 3. The average molecular weight is 916 g/mol. The molecule has 324 valence electrons. The first kappa shape index (κ1) is 44.0. The van der Waals surface area contributed by atoms with Gasteiger partial charge in [0.1, 0.15) is 28.3 Å². The minimum Gasteiger partial charge on any atom is -0.448 e. The number of nitrogens with zero attached hydrogens (tertiary/aromatic N) is 3. The minimum atomic E-state index is -2.88. The number of thioether (sulfide) groups is 1. The summed E-state index contributed by atoms with van der Waals surface area (Å²) >= 11 is 8.50. The molecule has 0 bridgehead atoms. The highest BCUT2D eigenvalue weighted by atomic mass is 35.5. The third-order valence-corrected chi connectivity index (χ3v) is 12.8. The number of halogens is 3. The Bertz CT molecular complexity index is 2520. The van der Waals surface area contributed by atoms with E-state index in [4.69, 9.17) is 26.2 Å². The molecule has 2 aliphatic rings. The zero-order chi connectivity index (χ0) is 44.5. The van der Waals surface area contributed by atoms with Crippen LogP contribution in [0.4, 0.5) is 13.9 Å². The summed E-state index contributed by atoms with van der Waals surface area (Å²) in [5.41, 5.74) is 3.37. The lowest BCUT2D eigenvalue weighted by atomic mass is 9.77. The van der Waals surface area contributed by atoms with Crippen LogP contribution >= 0.6 is 34.7 Å². The molecule has 1 saturated heterocycles. The number of rotatable bonds is 17. The highest BCUT2D eigenvalue weighted by Crippen LogP contribution is 2.43. The summed E-state index contributed by atoms with van der Waals surface area (Å²) in [6, 6.07) is 46.9. The first-order valence-electron chi connectivity index (χ1n) is 20.2. The summed E-state index contributed by atoms with van der Waals surface area (Å²) in [6.07, 6.45) is -0.306. The van der Waals surface area contributed by atoms with E-state index in [-0.39, 0.29) is 23.0 Å². The number of fused-ring (bicyclic) bond motifs is 1. The number of amides is 2. The Balaban J connectivity index is 1.07. The lowest BCUT2D eigenvalue weighted by Gasteiger charge is -2.49. The Morgan fingerprint density at radius 3 is 1.89 bits per heavy atom. The van der Waals surface area contributed by atoms with Crippen LogP contribution in [0.5, 0.6) is 0 Å². The summed E-state index contributed by atoms with van der Waals surface area (Å²) < 4.78 is 32.9. The van der Waals surface area contributed by atoms with E-state index in [0.29, 0.717) is 10.7 Å². The molecule has 5 aromatic carbocycles. The fraction of sp³-hybridized carbons (Fsp3) is 0.163. The molecule has 10 nitrogen and oxygen atoms in total. The number of ether oxygens (including phenoxy) is 1. The molecule has 1 aromatic heterocycles. The number of aromatic nitrogens is 1. The van der Waals surface area contributed by atoms with Gasteiger partial charge in [-0.1, -0.05) is 169 Å². The number of hydrogen-bond donors (Lipinski definition) is 2. The van der Waals surface area contributed by atoms with Gasteiger partial charge in [0.2, 0.25) is 0 Å². The number of allylic oxidation sites excluding steroid dienone is 2. The standard InChI is InChI=1S/C49H40ClF2N5O5S2/c50-28-16-21-34-30-63-46-41(45(59)57(46)42(34)47(60)62-43(32-17-6-1-7-18-32)33-19-8-2-9-20-33)54-44(58)40(56-61-29-39(51)52)38-31-64-48(53-38)55-49(35-22-10-3-11-23-35,36-24-12-4-13-25-36)37-26-14-5-15-27-37/h1-27,31,39,41,43,46H,28-30H2,(H,53,55)(H,54,58)/b21-16+,56-40-/t41-,46+/m1/s1. The number of anilines is 1.